The highest BCUT2D eigenvalue weighted by Crippen LogP contribution is 2.41. The molecule has 2 unspecified atom stereocenters. The smallest absolute Gasteiger partial charge is 0.00897 e. The van der Waals surface area contributed by atoms with Crippen LogP contribution >= 0.6 is 0 Å². The summed E-state index contributed by atoms with van der Waals surface area (Å²) in [6.45, 7) is 0. The van der Waals surface area contributed by atoms with Gasteiger partial charge in [0, 0.05) is 5.92 Å². The summed E-state index contributed by atoms with van der Waals surface area (Å²) in [5.74, 6) is 1.15. The van der Waals surface area contributed by atoms with Crippen molar-refractivity contribution in [1.82, 2.24) is 0 Å². The van der Waals surface area contributed by atoms with Crippen LogP contribution in [-0.2, 0) is 0 Å². The SMILES string of the molecule is C1=CC(c2ccccc2)C(c2ccccc2)C1. The van der Waals surface area contributed by atoms with E-state index in [9.17, 15) is 0 Å². The Labute approximate surface area is 103 Å². The van der Waals surface area contributed by atoms with Gasteiger partial charge in [-0.25, -0.2) is 0 Å². The third-order valence-corrected chi connectivity index (χ3v) is 3.58. The normalized spacial score (nSPS) is 22.8. The molecule has 3 rings (SSSR count). The van der Waals surface area contributed by atoms with Crippen LogP contribution in [0, 0.1) is 0 Å². The Hall–Kier alpha value is -1.82. The van der Waals surface area contributed by atoms with Crippen LogP contribution in [0.2, 0.25) is 0 Å². The van der Waals surface area contributed by atoms with Crippen LogP contribution < -0.4 is 0 Å². The number of allylic oxidation sites excluding steroid dienone is 2. The molecule has 0 N–H and O–H groups in total. The lowest BCUT2D eigenvalue weighted by Gasteiger charge is -2.20. The van der Waals surface area contributed by atoms with Crippen molar-refractivity contribution < 1.29 is 0 Å². The predicted molar refractivity (Wildman–Crippen MR) is 72.1 cm³/mol. The minimum atomic E-state index is 0.540. The number of rotatable bonds is 2. The van der Waals surface area contributed by atoms with Gasteiger partial charge in [-0.1, -0.05) is 72.8 Å². The fourth-order valence-corrected chi connectivity index (χ4v) is 2.71. The largest absolute Gasteiger partial charge is 0.0873 e. The molecular formula is C17H16. The van der Waals surface area contributed by atoms with E-state index in [1.165, 1.54) is 11.1 Å². The molecule has 2 aromatic carbocycles. The lowest BCUT2D eigenvalue weighted by Crippen LogP contribution is -2.04. The van der Waals surface area contributed by atoms with Crippen molar-refractivity contribution in [3.63, 3.8) is 0 Å². The van der Waals surface area contributed by atoms with Gasteiger partial charge in [0.2, 0.25) is 0 Å². The first-order valence-corrected chi connectivity index (χ1v) is 6.22. The van der Waals surface area contributed by atoms with Crippen molar-refractivity contribution in [2.75, 3.05) is 0 Å². The molecule has 84 valence electrons. The van der Waals surface area contributed by atoms with Crippen molar-refractivity contribution >= 4 is 0 Å². The average molecular weight is 220 g/mol. The molecule has 0 aromatic heterocycles. The van der Waals surface area contributed by atoms with Gasteiger partial charge >= 0.3 is 0 Å². The molecule has 0 amide bonds. The van der Waals surface area contributed by atoms with E-state index in [4.69, 9.17) is 0 Å². The van der Waals surface area contributed by atoms with Crippen LogP contribution in [-0.4, -0.2) is 0 Å². The van der Waals surface area contributed by atoms with Crippen molar-refractivity contribution in [3.05, 3.63) is 83.9 Å². The van der Waals surface area contributed by atoms with Crippen LogP contribution in [0.25, 0.3) is 0 Å². The Morgan fingerprint density at radius 2 is 1.29 bits per heavy atom. The van der Waals surface area contributed by atoms with Gasteiger partial charge in [-0.05, 0) is 23.5 Å². The van der Waals surface area contributed by atoms with Crippen molar-refractivity contribution in [3.8, 4) is 0 Å². The lowest BCUT2D eigenvalue weighted by atomic mass is 9.84. The summed E-state index contributed by atoms with van der Waals surface area (Å²) in [5.41, 5.74) is 2.88. The van der Waals surface area contributed by atoms with E-state index in [2.05, 4.69) is 72.8 Å². The lowest BCUT2D eigenvalue weighted by molar-refractivity contribution is 0.665. The Morgan fingerprint density at radius 1 is 0.706 bits per heavy atom. The van der Waals surface area contributed by atoms with Crippen molar-refractivity contribution in [2.45, 2.75) is 18.3 Å². The molecule has 0 fully saturated rings. The highest BCUT2D eigenvalue weighted by atomic mass is 14.3. The monoisotopic (exact) mass is 220 g/mol. The summed E-state index contributed by atoms with van der Waals surface area (Å²) in [7, 11) is 0. The highest BCUT2D eigenvalue weighted by Gasteiger charge is 2.25. The van der Waals surface area contributed by atoms with Gasteiger partial charge in [0.15, 0.2) is 0 Å². The topological polar surface area (TPSA) is 0 Å². The standard InChI is InChI=1S/C17H16/c1-3-8-14(9-4-1)16-12-7-13-17(16)15-10-5-2-6-11-15/h1-12,16-17H,13H2. The summed E-state index contributed by atoms with van der Waals surface area (Å²) in [6.07, 6.45) is 5.83. The Bertz CT molecular complexity index is 496. The van der Waals surface area contributed by atoms with Crippen LogP contribution in [0.15, 0.2) is 72.8 Å². The number of hydrogen-bond acceptors (Lipinski definition) is 0. The highest BCUT2D eigenvalue weighted by molar-refractivity contribution is 5.35. The zero-order valence-electron chi connectivity index (χ0n) is 9.79. The van der Waals surface area contributed by atoms with Crippen molar-refractivity contribution in [2.24, 2.45) is 0 Å². The predicted octanol–water partition coefficient (Wildman–Crippen LogP) is 4.51. The molecule has 0 nitrogen and oxygen atoms in total. The molecule has 1 aliphatic carbocycles. The fraction of sp³-hybridized carbons (Fsp3) is 0.176. The molecule has 0 saturated carbocycles. The number of benzene rings is 2. The van der Waals surface area contributed by atoms with Crippen LogP contribution in [0.1, 0.15) is 29.4 Å². The van der Waals surface area contributed by atoms with Gasteiger partial charge in [0.1, 0.15) is 0 Å². The van der Waals surface area contributed by atoms with Gasteiger partial charge in [0.25, 0.3) is 0 Å². The summed E-state index contributed by atoms with van der Waals surface area (Å²) in [5, 5.41) is 0. The second-order valence-corrected chi connectivity index (χ2v) is 4.62. The molecule has 1 aliphatic rings. The molecule has 0 bridgehead atoms. The molecule has 0 radical (unpaired) electrons. The van der Waals surface area contributed by atoms with Gasteiger partial charge in [-0.15, -0.1) is 0 Å². The maximum absolute atomic E-state index is 2.35. The van der Waals surface area contributed by atoms with Gasteiger partial charge in [-0.2, -0.15) is 0 Å². The summed E-state index contributed by atoms with van der Waals surface area (Å²) >= 11 is 0. The minimum absolute atomic E-state index is 0.540. The molecule has 17 heavy (non-hydrogen) atoms. The van der Waals surface area contributed by atoms with Crippen molar-refractivity contribution in [1.29, 1.82) is 0 Å². The van der Waals surface area contributed by atoms with E-state index in [1.54, 1.807) is 0 Å². The molecule has 0 heterocycles. The summed E-state index contributed by atoms with van der Waals surface area (Å²) < 4.78 is 0. The van der Waals surface area contributed by atoms with E-state index in [0.717, 1.165) is 6.42 Å². The van der Waals surface area contributed by atoms with Gasteiger partial charge in [-0.3, -0.25) is 0 Å². The molecule has 0 spiro atoms. The molecule has 0 aliphatic heterocycles. The first-order valence-electron chi connectivity index (χ1n) is 6.22. The Kier molecular flexibility index (Phi) is 2.79. The third kappa shape index (κ3) is 2.03. The first-order chi connectivity index (χ1) is 8.45. The third-order valence-electron chi connectivity index (χ3n) is 3.58. The summed E-state index contributed by atoms with van der Waals surface area (Å²) in [4.78, 5) is 0. The van der Waals surface area contributed by atoms with Gasteiger partial charge in [0.05, 0.1) is 0 Å². The second-order valence-electron chi connectivity index (χ2n) is 4.62. The quantitative estimate of drug-likeness (QED) is 0.653. The Balaban J connectivity index is 1.93. The Morgan fingerprint density at radius 3 is 1.94 bits per heavy atom. The maximum Gasteiger partial charge on any atom is 0.00897 e. The van der Waals surface area contributed by atoms with Crippen LogP contribution in [0.4, 0.5) is 0 Å². The zero-order valence-corrected chi connectivity index (χ0v) is 9.79. The molecule has 2 aromatic rings. The minimum Gasteiger partial charge on any atom is -0.0873 e. The fourth-order valence-electron chi connectivity index (χ4n) is 2.71. The van der Waals surface area contributed by atoms with E-state index in [1.807, 2.05) is 0 Å². The van der Waals surface area contributed by atoms with Crippen LogP contribution in [0.3, 0.4) is 0 Å². The average Bonchev–Trinajstić information content (AvgIpc) is 2.90. The maximum atomic E-state index is 2.35. The molecule has 0 heteroatoms. The second kappa shape index (κ2) is 4.58. The first kappa shape index (κ1) is 10.3. The molecule has 2 atom stereocenters. The van der Waals surface area contributed by atoms with Gasteiger partial charge < -0.3 is 0 Å². The van der Waals surface area contributed by atoms with Crippen LogP contribution in [0.5, 0.6) is 0 Å². The number of hydrogen-bond donors (Lipinski definition) is 0. The van der Waals surface area contributed by atoms with E-state index in [0.29, 0.717) is 11.8 Å². The molecule has 0 saturated heterocycles. The molecular weight excluding hydrogens is 204 g/mol. The zero-order chi connectivity index (χ0) is 11.5. The van der Waals surface area contributed by atoms with E-state index >= 15 is 0 Å². The van der Waals surface area contributed by atoms with E-state index in [-0.39, 0.29) is 0 Å². The summed E-state index contributed by atoms with van der Waals surface area (Å²) in [6, 6.07) is 21.6. The van der Waals surface area contributed by atoms with E-state index < -0.39 is 0 Å².